The van der Waals surface area contributed by atoms with Crippen molar-refractivity contribution in [1.82, 2.24) is 5.32 Å². The van der Waals surface area contributed by atoms with Crippen LogP contribution in [0, 0.1) is 0 Å². The molecule has 1 N–H and O–H groups in total. The number of likely N-dealkylation sites (N-methyl/N-ethyl adjacent to an activating group) is 1. The summed E-state index contributed by atoms with van der Waals surface area (Å²) < 4.78 is 9.75. The van der Waals surface area contributed by atoms with Crippen molar-refractivity contribution in [2.24, 2.45) is 0 Å². The summed E-state index contributed by atoms with van der Waals surface area (Å²) in [6, 6.07) is 7.93. The molecule has 1 unspecified atom stereocenters. The molecule has 0 aliphatic heterocycles. The van der Waals surface area contributed by atoms with Gasteiger partial charge in [0, 0.05) is 6.04 Å². The van der Waals surface area contributed by atoms with Crippen LogP contribution in [0.15, 0.2) is 24.3 Å². The Balaban J connectivity index is 2.57. The lowest BCUT2D eigenvalue weighted by Gasteiger charge is -2.15. The van der Waals surface area contributed by atoms with Crippen molar-refractivity contribution < 1.29 is 14.3 Å². The number of methoxy groups -OCH3 is 2. The number of hydrogen-bond acceptors (Lipinski definition) is 4. The standard InChI is InChI=1S/C13H19NO3/c1-14-11(9-13(15)17-3)8-10-4-6-12(16-2)7-5-10/h4-7,11,14H,8-9H2,1-3H3. The van der Waals surface area contributed by atoms with Crippen LogP contribution in [0.2, 0.25) is 0 Å². The van der Waals surface area contributed by atoms with Crippen molar-refractivity contribution in [1.29, 1.82) is 0 Å². The topological polar surface area (TPSA) is 47.6 Å². The predicted octanol–water partition coefficient (Wildman–Crippen LogP) is 1.39. The zero-order chi connectivity index (χ0) is 12.7. The molecule has 0 aromatic heterocycles. The second-order valence-electron chi connectivity index (χ2n) is 3.82. The quantitative estimate of drug-likeness (QED) is 0.759. The maximum atomic E-state index is 11.2. The van der Waals surface area contributed by atoms with Crippen molar-refractivity contribution in [3.05, 3.63) is 29.8 Å². The van der Waals surface area contributed by atoms with E-state index in [9.17, 15) is 4.79 Å². The lowest BCUT2D eigenvalue weighted by atomic mass is 10.0. The molecule has 1 atom stereocenters. The number of nitrogens with one attached hydrogen (secondary N) is 1. The molecule has 1 aromatic carbocycles. The third-order valence-corrected chi connectivity index (χ3v) is 2.69. The van der Waals surface area contributed by atoms with Crippen molar-refractivity contribution in [2.75, 3.05) is 21.3 Å². The van der Waals surface area contributed by atoms with E-state index in [1.807, 2.05) is 31.3 Å². The van der Waals surface area contributed by atoms with Gasteiger partial charge in [0.15, 0.2) is 0 Å². The molecule has 0 bridgehead atoms. The zero-order valence-corrected chi connectivity index (χ0v) is 10.5. The Morgan fingerprint density at radius 3 is 2.41 bits per heavy atom. The van der Waals surface area contributed by atoms with Crippen LogP contribution in [0.5, 0.6) is 5.75 Å². The number of rotatable bonds is 6. The zero-order valence-electron chi connectivity index (χ0n) is 10.5. The first-order valence-corrected chi connectivity index (χ1v) is 5.56. The molecular weight excluding hydrogens is 218 g/mol. The third-order valence-electron chi connectivity index (χ3n) is 2.69. The van der Waals surface area contributed by atoms with Crippen molar-refractivity contribution >= 4 is 5.97 Å². The summed E-state index contributed by atoms with van der Waals surface area (Å²) in [6.07, 6.45) is 1.16. The van der Waals surface area contributed by atoms with Gasteiger partial charge in [0.2, 0.25) is 0 Å². The average molecular weight is 237 g/mol. The molecule has 0 fully saturated rings. The van der Waals surface area contributed by atoms with Gasteiger partial charge in [0.25, 0.3) is 0 Å². The van der Waals surface area contributed by atoms with Crippen molar-refractivity contribution in [3.63, 3.8) is 0 Å². The second-order valence-corrected chi connectivity index (χ2v) is 3.82. The highest BCUT2D eigenvalue weighted by atomic mass is 16.5. The van der Waals surface area contributed by atoms with E-state index < -0.39 is 0 Å². The Morgan fingerprint density at radius 1 is 1.29 bits per heavy atom. The fraction of sp³-hybridized carbons (Fsp3) is 0.462. The van der Waals surface area contributed by atoms with Crippen LogP contribution in [0.1, 0.15) is 12.0 Å². The van der Waals surface area contributed by atoms with E-state index in [0.717, 1.165) is 17.7 Å². The van der Waals surface area contributed by atoms with E-state index in [2.05, 4.69) is 10.1 Å². The summed E-state index contributed by atoms with van der Waals surface area (Å²) in [5.41, 5.74) is 1.16. The maximum Gasteiger partial charge on any atom is 0.307 e. The van der Waals surface area contributed by atoms with Gasteiger partial charge < -0.3 is 14.8 Å². The maximum absolute atomic E-state index is 11.2. The minimum atomic E-state index is -0.196. The number of carbonyl (C=O) groups excluding carboxylic acids is 1. The van der Waals surface area contributed by atoms with Crippen LogP contribution in [0.25, 0.3) is 0 Å². The molecule has 0 aliphatic carbocycles. The van der Waals surface area contributed by atoms with Crippen LogP contribution in [-0.2, 0) is 16.0 Å². The summed E-state index contributed by atoms with van der Waals surface area (Å²) >= 11 is 0. The second kappa shape index (κ2) is 6.91. The first-order chi connectivity index (χ1) is 8.19. The molecule has 0 radical (unpaired) electrons. The van der Waals surface area contributed by atoms with Crippen molar-refractivity contribution in [3.8, 4) is 5.75 Å². The van der Waals surface area contributed by atoms with Gasteiger partial charge in [-0.1, -0.05) is 12.1 Å². The highest BCUT2D eigenvalue weighted by molar-refractivity contribution is 5.69. The van der Waals surface area contributed by atoms with E-state index in [1.54, 1.807) is 7.11 Å². The molecule has 1 aromatic rings. The van der Waals surface area contributed by atoms with E-state index in [-0.39, 0.29) is 12.0 Å². The largest absolute Gasteiger partial charge is 0.497 e. The highest BCUT2D eigenvalue weighted by Crippen LogP contribution is 2.13. The SMILES string of the molecule is CNC(CC(=O)OC)Cc1ccc(OC)cc1. The molecule has 17 heavy (non-hydrogen) atoms. The molecule has 4 heteroatoms. The Bertz CT molecular complexity index is 348. The minimum Gasteiger partial charge on any atom is -0.497 e. The number of hydrogen-bond donors (Lipinski definition) is 1. The van der Waals surface area contributed by atoms with Gasteiger partial charge >= 0.3 is 5.97 Å². The van der Waals surface area contributed by atoms with Crippen LogP contribution in [-0.4, -0.2) is 33.3 Å². The van der Waals surface area contributed by atoms with Gasteiger partial charge in [-0.3, -0.25) is 4.79 Å². The molecule has 0 saturated heterocycles. The highest BCUT2D eigenvalue weighted by Gasteiger charge is 2.12. The molecular formula is C13H19NO3. The number of esters is 1. The molecule has 1 rings (SSSR count). The summed E-state index contributed by atoms with van der Waals surface area (Å²) in [5.74, 6) is 0.639. The molecule has 0 spiro atoms. The van der Waals surface area contributed by atoms with Crippen LogP contribution >= 0.6 is 0 Å². The smallest absolute Gasteiger partial charge is 0.307 e. The van der Waals surface area contributed by atoms with Gasteiger partial charge in [-0.25, -0.2) is 0 Å². The van der Waals surface area contributed by atoms with Crippen LogP contribution in [0.4, 0.5) is 0 Å². The Kier molecular flexibility index (Phi) is 5.49. The van der Waals surface area contributed by atoms with Gasteiger partial charge in [-0.2, -0.15) is 0 Å². The minimum absolute atomic E-state index is 0.0934. The van der Waals surface area contributed by atoms with Crippen LogP contribution in [0.3, 0.4) is 0 Å². The number of carbonyl (C=O) groups is 1. The summed E-state index contributed by atoms with van der Waals surface area (Å²) in [6.45, 7) is 0. The van der Waals surface area contributed by atoms with E-state index in [0.29, 0.717) is 6.42 Å². The average Bonchev–Trinajstić information content (AvgIpc) is 2.38. The molecule has 0 saturated carbocycles. The van der Waals surface area contributed by atoms with Gasteiger partial charge in [0.1, 0.15) is 5.75 Å². The van der Waals surface area contributed by atoms with Gasteiger partial charge in [-0.05, 0) is 31.2 Å². The summed E-state index contributed by atoms with van der Waals surface area (Å²) in [4.78, 5) is 11.2. The molecule has 0 heterocycles. The van der Waals surface area contributed by atoms with Gasteiger partial charge in [0.05, 0.1) is 20.6 Å². The Labute approximate surface area is 102 Å². The third kappa shape index (κ3) is 4.44. The Morgan fingerprint density at radius 2 is 1.94 bits per heavy atom. The Hall–Kier alpha value is -1.55. The van der Waals surface area contributed by atoms with E-state index in [1.165, 1.54) is 7.11 Å². The molecule has 0 aliphatic rings. The fourth-order valence-corrected chi connectivity index (χ4v) is 1.61. The molecule has 94 valence electrons. The normalized spacial score (nSPS) is 11.9. The van der Waals surface area contributed by atoms with E-state index in [4.69, 9.17) is 4.74 Å². The number of ether oxygens (including phenoxy) is 2. The van der Waals surface area contributed by atoms with Crippen molar-refractivity contribution in [2.45, 2.75) is 18.9 Å². The molecule has 4 nitrogen and oxygen atoms in total. The predicted molar refractivity (Wildman–Crippen MR) is 66.2 cm³/mol. The first kappa shape index (κ1) is 13.5. The fourth-order valence-electron chi connectivity index (χ4n) is 1.61. The lowest BCUT2D eigenvalue weighted by molar-refractivity contribution is -0.141. The van der Waals surface area contributed by atoms with Gasteiger partial charge in [-0.15, -0.1) is 0 Å². The summed E-state index contributed by atoms with van der Waals surface area (Å²) in [7, 11) is 4.89. The van der Waals surface area contributed by atoms with E-state index >= 15 is 0 Å². The lowest BCUT2D eigenvalue weighted by Crippen LogP contribution is -2.30. The first-order valence-electron chi connectivity index (χ1n) is 5.56. The summed E-state index contributed by atoms with van der Waals surface area (Å²) in [5, 5.41) is 3.11. The monoisotopic (exact) mass is 237 g/mol. The van der Waals surface area contributed by atoms with Crippen LogP contribution < -0.4 is 10.1 Å². The molecule has 0 amide bonds. The number of benzene rings is 1.